The molecule has 0 saturated heterocycles. The van der Waals surface area contributed by atoms with Crippen molar-refractivity contribution in [3.05, 3.63) is 59.9 Å². The predicted molar refractivity (Wildman–Crippen MR) is 124 cm³/mol. The smallest absolute Gasteiger partial charge is 0.330 e. The molecular weight excluding hydrogens is 392 g/mol. The van der Waals surface area contributed by atoms with Crippen LogP contribution in [-0.2, 0) is 16.1 Å². The first kappa shape index (κ1) is 24.4. The highest BCUT2D eigenvalue weighted by atomic mass is 28.3. The molecule has 1 atom stereocenters. The average molecular weight is 431 g/mol. The molecule has 0 fully saturated rings. The van der Waals surface area contributed by atoms with Crippen LogP contribution in [0.1, 0.15) is 65.6 Å². The molecule has 6 heteroatoms. The van der Waals surface area contributed by atoms with Crippen LogP contribution in [0.2, 0.25) is 16.6 Å². The third-order valence-electron chi connectivity index (χ3n) is 6.25. The van der Waals surface area contributed by atoms with Crippen molar-refractivity contribution >= 4 is 14.2 Å². The number of rotatable bonds is 10. The Morgan fingerprint density at radius 1 is 1.03 bits per heavy atom. The first-order valence-corrected chi connectivity index (χ1v) is 13.2. The molecule has 0 amide bonds. The Kier molecular flexibility index (Phi) is 8.47. The van der Waals surface area contributed by atoms with E-state index in [9.17, 15) is 10.0 Å². The molecule has 166 valence electrons. The molecular formula is C24H38N2O3Si. The van der Waals surface area contributed by atoms with E-state index in [1.807, 2.05) is 36.4 Å². The van der Waals surface area contributed by atoms with Crippen LogP contribution in [0, 0.1) is 0 Å². The summed E-state index contributed by atoms with van der Waals surface area (Å²) in [6, 6.07) is 10.8. The highest BCUT2D eigenvalue weighted by Crippen LogP contribution is 2.43. The average Bonchev–Trinajstić information content (AvgIpc) is 3.11. The number of carbonyl (C=O) groups is 1. The van der Waals surface area contributed by atoms with Crippen molar-refractivity contribution in [1.82, 2.24) is 9.30 Å². The highest BCUT2D eigenvalue weighted by Gasteiger charge is 2.45. The zero-order valence-electron chi connectivity index (χ0n) is 19.5. The lowest BCUT2D eigenvalue weighted by molar-refractivity contribution is -0.179. The number of benzene rings is 1. The van der Waals surface area contributed by atoms with Crippen LogP contribution in [0.4, 0.5) is 0 Å². The van der Waals surface area contributed by atoms with Gasteiger partial charge >= 0.3 is 5.97 Å². The molecule has 1 unspecified atom stereocenters. The summed E-state index contributed by atoms with van der Waals surface area (Å²) in [5.41, 5.74) is 3.31. The lowest BCUT2D eigenvalue weighted by Crippen LogP contribution is -2.51. The zero-order valence-corrected chi connectivity index (χ0v) is 20.5. The normalized spacial score (nSPS) is 13.5. The monoisotopic (exact) mass is 430 g/mol. The molecule has 0 saturated carbocycles. The third-order valence-corrected chi connectivity index (χ3v) is 13.0. The number of aromatic nitrogens is 1. The van der Waals surface area contributed by atoms with Gasteiger partial charge in [0, 0.05) is 6.20 Å². The summed E-state index contributed by atoms with van der Waals surface area (Å²) in [7, 11) is -1.93. The van der Waals surface area contributed by atoms with Crippen LogP contribution in [0.5, 0.6) is 0 Å². The Balaban J connectivity index is 2.45. The summed E-state index contributed by atoms with van der Waals surface area (Å²) in [5, 5.41) is 12.0. The SMILES string of the molecule is CCOC(=O)C(c1ccn([Si](C(C)C)(C(C)C)C(C)C)c1)N(O)Cc1ccccc1. The number of hydrogen-bond donors (Lipinski definition) is 1. The van der Waals surface area contributed by atoms with Gasteiger partial charge < -0.3 is 14.2 Å². The minimum atomic E-state index is -1.93. The van der Waals surface area contributed by atoms with E-state index in [-0.39, 0.29) is 13.2 Å². The van der Waals surface area contributed by atoms with E-state index in [0.29, 0.717) is 16.6 Å². The molecule has 2 rings (SSSR count). The molecule has 0 radical (unpaired) electrons. The molecule has 1 aromatic heterocycles. The Morgan fingerprint density at radius 3 is 2.10 bits per heavy atom. The largest absolute Gasteiger partial charge is 0.464 e. The van der Waals surface area contributed by atoms with Gasteiger partial charge in [-0.2, -0.15) is 5.06 Å². The maximum atomic E-state index is 12.8. The first-order chi connectivity index (χ1) is 14.2. The van der Waals surface area contributed by atoms with Crippen molar-refractivity contribution in [2.75, 3.05) is 6.61 Å². The van der Waals surface area contributed by atoms with Crippen molar-refractivity contribution in [2.45, 2.75) is 77.7 Å². The Morgan fingerprint density at radius 2 is 1.60 bits per heavy atom. The van der Waals surface area contributed by atoms with E-state index in [0.717, 1.165) is 16.2 Å². The second-order valence-corrected chi connectivity index (χ2v) is 14.7. The van der Waals surface area contributed by atoms with Gasteiger partial charge in [0.25, 0.3) is 0 Å². The van der Waals surface area contributed by atoms with Gasteiger partial charge in [-0.3, -0.25) is 0 Å². The van der Waals surface area contributed by atoms with E-state index in [2.05, 4.69) is 58.2 Å². The molecule has 1 N–H and O–H groups in total. The topological polar surface area (TPSA) is 54.7 Å². The van der Waals surface area contributed by atoms with E-state index in [1.165, 1.54) is 0 Å². The van der Waals surface area contributed by atoms with Crippen LogP contribution in [0.25, 0.3) is 0 Å². The van der Waals surface area contributed by atoms with E-state index >= 15 is 0 Å². The number of hydrogen-bond acceptors (Lipinski definition) is 4. The minimum Gasteiger partial charge on any atom is -0.464 e. The van der Waals surface area contributed by atoms with Crippen molar-refractivity contribution < 1.29 is 14.7 Å². The summed E-state index contributed by atoms with van der Waals surface area (Å²) in [4.78, 5) is 12.8. The van der Waals surface area contributed by atoms with Gasteiger partial charge in [-0.05, 0) is 46.9 Å². The molecule has 5 nitrogen and oxygen atoms in total. The molecule has 30 heavy (non-hydrogen) atoms. The summed E-state index contributed by atoms with van der Waals surface area (Å²) >= 11 is 0. The predicted octanol–water partition coefficient (Wildman–Crippen LogP) is 6.01. The lowest BCUT2D eigenvalue weighted by Gasteiger charge is -2.44. The molecule has 2 aromatic rings. The van der Waals surface area contributed by atoms with Gasteiger partial charge in [-0.25, -0.2) is 4.79 Å². The van der Waals surface area contributed by atoms with Crippen molar-refractivity contribution in [1.29, 1.82) is 0 Å². The Hall–Kier alpha value is -1.89. The number of carbonyl (C=O) groups excluding carboxylic acids is 1. The van der Waals surface area contributed by atoms with Crippen LogP contribution in [0.3, 0.4) is 0 Å². The number of hydroxylamine groups is 2. The summed E-state index contributed by atoms with van der Waals surface area (Å²) in [6.07, 6.45) is 4.17. The Bertz CT molecular complexity index is 780. The molecule has 1 aromatic carbocycles. The lowest BCUT2D eigenvalue weighted by atomic mass is 10.1. The molecule has 0 spiro atoms. The zero-order chi connectivity index (χ0) is 22.5. The highest BCUT2D eigenvalue weighted by molar-refractivity contribution is 6.82. The van der Waals surface area contributed by atoms with Crippen LogP contribution in [0.15, 0.2) is 48.8 Å². The van der Waals surface area contributed by atoms with Gasteiger partial charge in [0.15, 0.2) is 14.3 Å². The number of esters is 1. The minimum absolute atomic E-state index is 0.247. The van der Waals surface area contributed by atoms with Crippen LogP contribution >= 0.6 is 0 Å². The molecule has 1 heterocycles. The van der Waals surface area contributed by atoms with Crippen molar-refractivity contribution in [2.24, 2.45) is 0 Å². The first-order valence-electron chi connectivity index (χ1n) is 11.0. The maximum Gasteiger partial charge on any atom is 0.330 e. The molecule has 0 aliphatic rings. The van der Waals surface area contributed by atoms with Crippen molar-refractivity contribution in [3.63, 3.8) is 0 Å². The molecule has 0 aliphatic carbocycles. The van der Waals surface area contributed by atoms with E-state index in [4.69, 9.17) is 4.74 Å². The van der Waals surface area contributed by atoms with Gasteiger partial charge in [0.1, 0.15) is 0 Å². The standard InChI is InChI=1S/C24H38N2O3Si/c1-8-29-24(27)23(26(28)16-21-12-10-9-11-13-21)22-14-15-25(17-22)30(18(2)3,19(4)5)20(6)7/h9-15,17-20,23,28H,8,16H2,1-7H3. The quantitative estimate of drug-likeness (QED) is 0.285. The second-order valence-electron chi connectivity index (χ2n) is 8.94. The van der Waals surface area contributed by atoms with Gasteiger partial charge in [0.05, 0.1) is 13.2 Å². The number of nitrogens with zero attached hydrogens (tertiary/aromatic N) is 2. The third kappa shape index (κ3) is 4.87. The van der Waals surface area contributed by atoms with E-state index in [1.54, 1.807) is 6.92 Å². The fraction of sp³-hybridized carbons (Fsp3) is 0.542. The fourth-order valence-corrected chi connectivity index (χ4v) is 11.7. The maximum absolute atomic E-state index is 12.8. The van der Waals surface area contributed by atoms with E-state index < -0.39 is 20.2 Å². The van der Waals surface area contributed by atoms with Gasteiger partial charge in [-0.15, -0.1) is 0 Å². The summed E-state index contributed by atoms with van der Waals surface area (Å²) < 4.78 is 7.70. The second kappa shape index (κ2) is 10.4. The van der Waals surface area contributed by atoms with Crippen LogP contribution < -0.4 is 0 Å². The Labute approximate surface area is 182 Å². The molecule has 0 aliphatic heterocycles. The van der Waals surface area contributed by atoms with Crippen LogP contribution in [-0.4, -0.2) is 35.3 Å². The molecule has 0 bridgehead atoms. The summed E-state index contributed by atoms with van der Waals surface area (Å²) in [6.45, 7) is 16.2. The van der Waals surface area contributed by atoms with Gasteiger partial charge in [-0.1, -0.05) is 71.9 Å². The summed E-state index contributed by atoms with van der Waals surface area (Å²) in [5.74, 6) is -0.431. The number of ether oxygens (including phenoxy) is 1. The van der Waals surface area contributed by atoms with Gasteiger partial charge in [0.2, 0.25) is 0 Å². The fourth-order valence-electron chi connectivity index (χ4n) is 5.22. The van der Waals surface area contributed by atoms with Crippen molar-refractivity contribution in [3.8, 4) is 0 Å².